The zero-order chi connectivity index (χ0) is 15.4. The summed E-state index contributed by atoms with van der Waals surface area (Å²) in [6.45, 7) is 3.83. The topological polar surface area (TPSA) is 60.2 Å². The summed E-state index contributed by atoms with van der Waals surface area (Å²) in [4.78, 5) is 4.32. The first-order valence-electron chi connectivity index (χ1n) is 7.62. The van der Waals surface area contributed by atoms with Crippen molar-refractivity contribution < 1.29 is 13.7 Å². The number of benzene rings is 1. The molecule has 3 rings (SSSR count). The van der Waals surface area contributed by atoms with Crippen molar-refractivity contribution in [1.82, 2.24) is 15.5 Å². The Morgan fingerprint density at radius 3 is 2.59 bits per heavy atom. The zero-order valence-corrected chi connectivity index (χ0v) is 12.6. The molecule has 118 valence electrons. The molecule has 22 heavy (non-hydrogen) atoms. The minimum absolute atomic E-state index is 0.226. The number of aromatic nitrogens is 2. The molecule has 1 fully saturated rings. The molecule has 0 aliphatic carbocycles. The normalized spacial score (nSPS) is 17.5. The molecule has 0 radical (unpaired) electrons. The third-order valence-electron chi connectivity index (χ3n) is 4.15. The van der Waals surface area contributed by atoms with Gasteiger partial charge in [-0.2, -0.15) is 4.98 Å². The van der Waals surface area contributed by atoms with Gasteiger partial charge in [0.15, 0.2) is 5.82 Å². The van der Waals surface area contributed by atoms with Crippen LogP contribution in [0.3, 0.4) is 0 Å². The Bertz CT molecular complexity index is 606. The van der Waals surface area contributed by atoms with Crippen LogP contribution in [-0.4, -0.2) is 23.4 Å². The molecule has 5 nitrogen and oxygen atoms in total. The minimum Gasteiger partial charge on any atom is -0.381 e. The lowest BCUT2D eigenvalue weighted by Crippen LogP contribution is -2.46. The highest BCUT2D eigenvalue weighted by Gasteiger charge is 2.34. The van der Waals surface area contributed by atoms with Gasteiger partial charge in [0, 0.05) is 25.2 Å². The Balaban J connectivity index is 1.78. The first-order valence-corrected chi connectivity index (χ1v) is 7.62. The molecule has 0 atom stereocenters. The Hall–Kier alpha value is -1.79. The van der Waals surface area contributed by atoms with E-state index in [4.69, 9.17) is 9.26 Å². The number of rotatable bonds is 5. The predicted molar refractivity (Wildman–Crippen MR) is 78.6 cm³/mol. The molecule has 2 heterocycles. The molecular formula is C16H20FN3O2. The third-order valence-corrected chi connectivity index (χ3v) is 4.15. The number of hydrogen-bond acceptors (Lipinski definition) is 5. The van der Waals surface area contributed by atoms with Gasteiger partial charge >= 0.3 is 0 Å². The van der Waals surface area contributed by atoms with Gasteiger partial charge in [-0.3, -0.25) is 5.32 Å². The molecule has 2 aromatic rings. The SMILES string of the molecule is CCc1noc(CNC2(c3ccc(F)cc3)CCOCC2)n1. The third kappa shape index (κ3) is 3.18. The summed E-state index contributed by atoms with van der Waals surface area (Å²) < 4.78 is 23.9. The minimum atomic E-state index is -0.243. The lowest BCUT2D eigenvalue weighted by atomic mass is 9.82. The molecule has 6 heteroatoms. The smallest absolute Gasteiger partial charge is 0.240 e. The lowest BCUT2D eigenvalue weighted by molar-refractivity contribution is 0.0346. The van der Waals surface area contributed by atoms with Gasteiger partial charge in [0.2, 0.25) is 5.89 Å². The fourth-order valence-electron chi connectivity index (χ4n) is 2.81. The van der Waals surface area contributed by atoms with Crippen LogP contribution in [0.1, 0.15) is 37.0 Å². The molecule has 1 aliphatic rings. The van der Waals surface area contributed by atoms with Gasteiger partial charge < -0.3 is 9.26 Å². The first-order chi connectivity index (χ1) is 10.7. The lowest BCUT2D eigenvalue weighted by Gasteiger charge is -2.38. The van der Waals surface area contributed by atoms with E-state index in [0.29, 0.717) is 31.5 Å². The average Bonchev–Trinajstić information content (AvgIpc) is 3.03. The molecule has 1 aliphatic heterocycles. The maximum Gasteiger partial charge on any atom is 0.240 e. The number of nitrogens with zero attached hydrogens (tertiary/aromatic N) is 2. The molecule has 1 saturated heterocycles. The Kier molecular flexibility index (Phi) is 4.49. The summed E-state index contributed by atoms with van der Waals surface area (Å²) in [5.74, 6) is 1.06. The number of nitrogens with one attached hydrogen (secondary N) is 1. The van der Waals surface area contributed by atoms with Crippen molar-refractivity contribution in [2.45, 2.75) is 38.3 Å². The van der Waals surface area contributed by atoms with Gasteiger partial charge in [-0.05, 0) is 30.5 Å². The van der Waals surface area contributed by atoms with Crippen LogP contribution in [0.2, 0.25) is 0 Å². The van der Waals surface area contributed by atoms with Crippen LogP contribution in [0.5, 0.6) is 0 Å². The van der Waals surface area contributed by atoms with Crippen LogP contribution in [-0.2, 0) is 23.2 Å². The van der Waals surface area contributed by atoms with E-state index in [1.165, 1.54) is 12.1 Å². The molecule has 0 saturated carbocycles. The van der Waals surface area contributed by atoms with Gasteiger partial charge in [0.25, 0.3) is 0 Å². The van der Waals surface area contributed by atoms with Crippen molar-refractivity contribution in [2.24, 2.45) is 0 Å². The Morgan fingerprint density at radius 1 is 1.23 bits per heavy atom. The number of aryl methyl sites for hydroxylation is 1. The monoisotopic (exact) mass is 305 g/mol. The molecule has 0 unspecified atom stereocenters. The van der Waals surface area contributed by atoms with E-state index in [2.05, 4.69) is 15.5 Å². The predicted octanol–water partition coefficient (Wildman–Crippen LogP) is 2.57. The van der Waals surface area contributed by atoms with Crippen LogP contribution in [0.4, 0.5) is 4.39 Å². The first kappa shape index (κ1) is 15.1. The number of hydrogen-bond donors (Lipinski definition) is 1. The quantitative estimate of drug-likeness (QED) is 0.920. The fourth-order valence-corrected chi connectivity index (χ4v) is 2.81. The highest BCUT2D eigenvalue weighted by molar-refractivity contribution is 5.25. The molecule has 0 spiro atoms. The standard InChI is InChI=1S/C16H20FN3O2/c1-2-14-19-15(22-20-14)11-18-16(7-9-21-10-8-16)12-3-5-13(17)6-4-12/h3-6,18H,2,7-11H2,1H3. The van der Waals surface area contributed by atoms with Crippen molar-refractivity contribution >= 4 is 0 Å². The second kappa shape index (κ2) is 6.54. The summed E-state index contributed by atoms with van der Waals surface area (Å²) in [6, 6.07) is 6.66. The van der Waals surface area contributed by atoms with Crippen LogP contribution in [0, 0.1) is 5.82 Å². The van der Waals surface area contributed by atoms with Crippen LogP contribution >= 0.6 is 0 Å². The summed E-state index contributed by atoms with van der Waals surface area (Å²) in [6.07, 6.45) is 2.40. The van der Waals surface area contributed by atoms with Crippen molar-refractivity contribution in [2.75, 3.05) is 13.2 Å². The van der Waals surface area contributed by atoms with E-state index in [0.717, 1.165) is 24.8 Å². The largest absolute Gasteiger partial charge is 0.381 e. The van der Waals surface area contributed by atoms with E-state index in [1.54, 1.807) is 0 Å². The van der Waals surface area contributed by atoms with Crippen molar-refractivity contribution in [3.63, 3.8) is 0 Å². The molecule has 1 N–H and O–H groups in total. The van der Waals surface area contributed by atoms with E-state index < -0.39 is 0 Å². The molecule has 0 bridgehead atoms. The fraction of sp³-hybridized carbons (Fsp3) is 0.500. The molecule has 1 aromatic carbocycles. The maximum absolute atomic E-state index is 13.2. The van der Waals surface area contributed by atoms with Gasteiger partial charge in [0.05, 0.1) is 6.54 Å². The summed E-state index contributed by atoms with van der Waals surface area (Å²) >= 11 is 0. The molecule has 0 amide bonds. The average molecular weight is 305 g/mol. The highest BCUT2D eigenvalue weighted by Crippen LogP contribution is 2.32. The number of ether oxygens (including phenoxy) is 1. The Morgan fingerprint density at radius 2 is 1.95 bits per heavy atom. The summed E-state index contributed by atoms with van der Waals surface area (Å²) in [5, 5.41) is 7.43. The maximum atomic E-state index is 13.2. The van der Waals surface area contributed by atoms with E-state index in [9.17, 15) is 4.39 Å². The summed E-state index contributed by atoms with van der Waals surface area (Å²) in [7, 11) is 0. The second-order valence-electron chi connectivity index (χ2n) is 5.51. The highest BCUT2D eigenvalue weighted by atomic mass is 19.1. The summed E-state index contributed by atoms with van der Waals surface area (Å²) in [5.41, 5.74) is 0.819. The van der Waals surface area contributed by atoms with Crippen LogP contribution < -0.4 is 5.32 Å². The van der Waals surface area contributed by atoms with Crippen molar-refractivity contribution in [1.29, 1.82) is 0 Å². The van der Waals surface area contributed by atoms with Gasteiger partial charge in [-0.25, -0.2) is 4.39 Å². The van der Waals surface area contributed by atoms with Crippen LogP contribution in [0.15, 0.2) is 28.8 Å². The second-order valence-corrected chi connectivity index (χ2v) is 5.51. The molecule has 1 aromatic heterocycles. The van der Waals surface area contributed by atoms with E-state index >= 15 is 0 Å². The van der Waals surface area contributed by atoms with Crippen molar-refractivity contribution in [3.8, 4) is 0 Å². The van der Waals surface area contributed by atoms with E-state index in [-0.39, 0.29) is 11.4 Å². The zero-order valence-electron chi connectivity index (χ0n) is 12.6. The van der Waals surface area contributed by atoms with E-state index in [1.807, 2.05) is 19.1 Å². The van der Waals surface area contributed by atoms with Gasteiger partial charge in [-0.15, -0.1) is 0 Å². The molecular weight excluding hydrogens is 285 g/mol. The van der Waals surface area contributed by atoms with Gasteiger partial charge in [0.1, 0.15) is 5.82 Å². The Labute approximate surface area is 128 Å². The van der Waals surface area contributed by atoms with Crippen molar-refractivity contribution in [3.05, 3.63) is 47.4 Å². The number of halogens is 1. The van der Waals surface area contributed by atoms with Crippen LogP contribution in [0.25, 0.3) is 0 Å². The van der Waals surface area contributed by atoms with Gasteiger partial charge in [-0.1, -0.05) is 24.2 Å².